The zero-order valence-electron chi connectivity index (χ0n) is 27.4. The summed E-state index contributed by atoms with van der Waals surface area (Å²) in [6.45, 7) is 2.30. The molecular weight excluding hydrogens is 612 g/mol. The summed E-state index contributed by atoms with van der Waals surface area (Å²) >= 11 is 0. The van der Waals surface area contributed by atoms with Crippen LogP contribution in [0.25, 0.3) is 0 Å². The highest BCUT2D eigenvalue weighted by atomic mass is 16.7. The number of ether oxygens (including phenoxy) is 3. The molecule has 1 aliphatic carbocycles. The number of aromatic hydroxyl groups is 1. The van der Waals surface area contributed by atoms with Crippen LogP contribution in [0.4, 0.5) is 10.5 Å². The fraction of sp³-hybridized carbons (Fsp3) is 0.405. The second kappa shape index (κ2) is 14.5. The minimum absolute atomic E-state index is 0.0762. The average Bonchev–Trinajstić information content (AvgIpc) is 3.54. The normalized spacial score (nSPS) is 20.9. The number of fused-ring (bicyclic) bond motifs is 1. The third kappa shape index (κ3) is 7.96. The summed E-state index contributed by atoms with van der Waals surface area (Å²) in [5, 5.41) is 12.8. The standard InChI is InChI=1S/C37H42N4O7/c1-41(22-26-11-18-33-34(21-26)47-24-46-33)19-5-8-29(23-41)40(32(35(38)43)20-25-9-14-30(42)15-10-25)37(45)39-28-12-16-31(17-13-28)48-36(44)27-6-3-2-4-7-27/h9-18,21,27,32H,2-8,19-20,22-24H2,1H3,(H2-2,38,39,42,43,45)/p+2/b40-29+/t32-,41?/m0/s1. The van der Waals surface area contributed by atoms with Crippen molar-refractivity contribution in [2.75, 3.05) is 32.2 Å². The molecule has 2 atom stereocenters. The van der Waals surface area contributed by atoms with Crippen molar-refractivity contribution in [3.8, 4) is 23.0 Å². The lowest BCUT2D eigenvalue weighted by Gasteiger charge is -2.38. The summed E-state index contributed by atoms with van der Waals surface area (Å²) < 4.78 is 18.9. The Morgan fingerprint density at radius 3 is 2.40 bits per heavy atom. The van der Waals surface area contributed by atoms with E-state index in [1.807, 2.05) is 18.2 Å². The van der Waals surface area contributed by atoms with Crippen molar-refractivity contribution in [3.63, 3.8) is 0 Å². The number of nitrogens with one attached hydrogen (secondary N) is 1. The van der Waals surface area contributed by atoms with Crippen molar-refractivity contribution in [3.05, 3.63) is 77.9 Å². The molecule has 3 aromatic carbocycles. The summed E-state index contributed by atoms with van der Waals surface area (Å²) in [6, 6.07) is 17.7. The molecule has 0 aromatic heterocycles. The number of likely N-dealkylation sites (tertiary alicyclic amines) is 1. The van der Waals surface area contributed by atoms with E-state index in [1.54, 1.807) is 48.5 Å². The van der Waals surface area contributed by atoms with E-state index in [1.165, 1.54) is 4.58 Å². The smallest absolute Gasteiger partial charge is 0.496 e. The molecule has 11 heteroatoms. The number of primary amides is 1. The maximum atomic E-state index is 14.2. The molecular formula is C37H44N4O7+2. The summed E-state index contributed by atoms with van der Waals surface area (Å²) in [6.07, 6.45) is 6.53. The molecule has 2 heterocycles. The van der Waals surface area contributed by atoms with Crippen molar-refractivity contribution in [1.82, 2.24) is 0 Å². The molecule has 2 aliphatic heterocycles. The fourth-order valence-electron chi connectivity index (χ4n) is 7.08. The monoisotopic (exact) mass is 656 g/mol. The van der Waals surface area contributed by atoms with Crippen molar-refractivity contribution in [2.24, 2.45) is 11.7 Å². The molecule has 3 aromatic rings. The number of rotatable bonds is 9. The van der Waals surface area contributed by atoms with Gasteiger partial charge >= 0.3 is 12.0 Å². The topological polar surface area (TPSA) is 140 Å². The van der Waals surface area contributed by atoms with Crippen molar-refractivity contribution < 1.29 is 42.8 Å². The van der Waals surface area contributed by atoms with Gasteiger partial charge < -0.3 is 29.5 Å². The maximum Gasteiger partial charge on any atom is 0.496 e. The Hall–Kier alpha value is -4.90. The number of anilines is 1. The van der Waals surface area contributed by atoms with E-state index in [0.717, 1.165) is 73.4 Å². The summed E-state index contributed by atoms with van der Waals surface area (Å²) in [7, 11) is 2.15. The maximum absolute atomic E-state index is 14.2. The van der Waals surface area contributed by atoms with Crippen LogP contribution in [0.5, 0.6) is 23.0 Å². The fourth-order valence-corrected chi connectivity index (χ4v) is 7.08. The lowest BCUT2D eigenvalue weighted by molar-refractivity contribution is -0.918. The van der Waals surface area contributed by atoms with Crippen LogP contribution in [0, 0.1) is 5.92 Å². The summed E-state index contributed by atoms with van der Waals surface area (Å²) in [4.78, 5) is 39.9. The quantitative estimate of drug-likeness (QED) is 0.126. The molecule has 6 rings (SSSR count). The number of esters is 1. The van der Waals surface area contributed by atoms with E-state index in [2.05, 4.69) is 12.4 Å². The van der Waals surface area contributed by atoms with Gasteiger partial charge in [-0.15, -0.1) is 0 Å². The first-order valence-electron chi connectivity index (χ1n) is 16.7. The predicted octanol–water partition coefficient (Wildman–Crippen LogP) is 5.13. The zero-order chi connectivity index (χ0) is 33.7. The van der Waals surface area contributed by atoms with Gasteiger partial charge in [-0.25, -0.2) is 5.32 Å². The van der Waals surface area contributed by atoms with Crippen LogP contribution in [0.3, 0.4) is 0 Å². The summed E-state index contributed by atoms with van der Waals surface area (Å²) in [5.74, 6) is 1.05. The van der Waals surface area contributed by atoms with Crippen LogP contribution < -0.4 is 25.3 Å². The number of piperidine rings is 1. The number of hydrogen-bond donors (Lipinski definition) is 3. The van der Waals surface area contributed by atoms with Crippen LogP contribution in [-0.2, 0) is 22.6 Å². The lowest BCUT2D eigenvalue weighted by atomic mass is 9.89. The number of carbonyl (C=O) groups is 3. The number of benzene rings is 3. The molecule has 252 valence electrons. The minimum atomic E-state index is -0.975. The number of hydrogen-bond acceptors (Lipinski definition) is 7. The molecule has 3 aliphatic rings. The van der Waals surface area contributed by atoms with E-state index in [-0.39, 0.29) is 30.9 Å². The molecule has 11 nitrogen and oxygen atoms in total. The third-order valence-electron chi connectivity index (χ3n) is 9.56. The first kappa shape index (κ1) is 33.0. The van der Waals surface area contributed by atoms with Gasteiger partial charge in [-0.3, -0.25) is 9.59 Å². The van der Waals surface area contributed by atoms with Gasteiger partial charge in [0.15, 0.2) is 17.5 Å². The number of phenolic OH excluding ortho intramolecular Hbond substituents is 1. The zero-order valence-corrected chi connectivity index (χ0v) is 27.4. The SMILES string of the molecule is C[N+]1(Cc2ccc3c(c2)OCO3)CCC/C(=[N+](\C(=O)Nc2ccc(OC(=O)C3CCCCC3)cc2)[C@@H](Cc2ccc(O)cc2)C(N)=O)C1. The molecule has 3 amide bonds. The number of urea groups is 1. The predicted molar refractivity (Wildman–Crippen MR) is 179 cm³/mol. The van der Waals surface area contributed by atoms with Gasteiger partial charge in [0, 0.05) is 24.8 Å². The van der Waals surface area contributed by atoms with E-state index in [9.17, 15) is 19.5 Å². The minimum Gasteiger partial charge on any atom is -0.508 e. The molecule has 1 saturated carbocycles. The number of carbonyl (C=O) groups excluding carboxylic acids is 3. The summed E-state index contributed by atoms with van der Waals surface area (Å²) in [5.41, 5.74) is 9.16. The van der Waals surface area contributed by atoms with Gasteiger partial charge in [0.1, 0.15) is 36.0 Å². The Labute approximate surface area is 280 Å². The molecule has 0 spiro atoms. The van der Waals surface area contributed by atoms with Gasteiger partial charge in [0.25, 0.3) is 5.91 Å². The van der Waals surface area contributed by atoms with Gasteiger partial charge in [-0.2, -0.15) is 9.37 Å². The van der Waals surface area contributed by atoms with Gasteiger partial charge in [-0.1, -0.05) is 31.4 Å². The Bertz CT molecular complexity index is 1680. The van der Waals surface area contributed by atoms with Crippen molar-refractivity contribution >= 4 is 29.3 Å². The molecule has 1 saturated heterocycles. The average molecular weight is 657 g/mol. The molecule has 48 heavy (non-hydrogen) atoms. The van der Waals surface area contributed by atoms with E-state index in [4.69, 9.17) is 19.9 Å². The van der Waals surface area contributed by atoms with Crippen LogP contribution in [0.2, 0.25) is 0 Å². The Morgan fingerprint density at radius 2 is 1.67 bits per heavy atom. The highest BCUT2D eigenvalue weighted by Gasteiger charge is 2.39. The van der Waals surface area contributed by atoms with E-state index in [0.29, 0.717) is 35.4 Å². The number of amides is 3. The lowest BCUT2D eigenvalue weighted by Crippen LogP contribution is -2.56. The highest BCUT2D eigenvalue weighted by Crippen LogP contribution is 2.34. The van der Waals surface area contributed by atoms with Crippen LogP contribution >= 0.6 is 0 Å². The molecule has 2 fully saturated rings. The third-order valence-corrected chi connectivity index (χ3v) is 9.56. The largest absolute Gasteiger partial charge is 0.508 e. The Morgan fingerprint density at radius 1 is 0.958 bits per heavy atom. The number of nitrogens with two attached hydrogens (primary N) is 1. The second-order valence-corrected chi connectivity index (χ2v) is 13.4. The van der Waals surface area contributed by atoms with Crippen LogP contribution in [0.1, 0.15) is 56.1 Å². The number of quaternary nitrogens is 1. The molecule has 0 bridgehead atoms. The first-order chi connectivity index (χ1) is 23.2. The second-order valence-electron chi connectivity index (χ2n) is 13.4. The highest BCUT2D eigenvalue weighted by molar-refractivity contribution is 5.94. The van der Waals surface area contributed by atoms with Crippen LogP contribution in [0.15, 0.2) is 66.7 Å². The Kier molecular flexibility index (Phi) is 9.95. The number of phenols is 1. The van der Waals surface area contributed by atoms with E-state index < -0.39 is 18.0 Å². The van der Waals surface area contributed by atoms with Crippen molar-refractivity contribution in [2.45, 2.75) is 64.0 Å². The number of nitrogens with zero attached hydrogens (tertiary/aromatic N) is 2. The molecule has 0 radical (unpaired) electrons. The molecule has 1 unspecified atom stereocenters. The molecule has 4 N–H and O–H groups in total. The van der Waals surface area contributed by atoms with Gasteiger partial charge in [0.2, 0.25) is 6.79 Å². The van der Waals surface area contributed by atoms with Gasteiger partial charge in [-0.05, 0) is 73.0 Å². The van der Waals surface area contributed by atoms with E-state index >= 15 is 0 Å². The van der Waals surface area contributed by atoms with Gasteiger partial charge in [0.05, 0.1) is 19.5 Å². The van der Waals surface area contributed by atoms with Crippen LogP contribution in [-0.4, -0.2) is 70.8 Å². The Balaban J connectivity index is 1.25. The first-order valence-corrected chi connectivity index (χ1v) is 16.7. The van der Waals surface area contributed by atoms with Crippen molar-refractivity contribution in [1.29, 1.82) is 0 Å².